The molecule has 1 aliphatic rings. The Morgan fingerprint density at radius 3 is 2.47 bits per heavy atom. The number of nitrogens with zero attached hydrogens (tertiary/aromatic N) is 1. The zero-order valence-electron chi connectivity index (χ0n) is 18.9. The van der Waals surface area contributed by atoms with Gasteiger partial charge >= 0.3 is 5.97 Å². The van der Waals surface area contributed by atoms with E-state index in [2.05, 4.69) is 6.07 Å². The molecule has 0 bridgehead atoms. The Hall–Kier alpha value is -3.56. The van der Waals surface area contributed by atoms with Gasteiger partial charge in [0, 0.05) is 10.5 Å². The Morgan fingerprint density at radius 2 is 1.76 bits per heavy atom. The third kappa shape index (κ3) is 5.49. The molecule has 1 fully saturated rings. The molecule has 0 saturated heterocycles. The highest BCUT2D eigenvalue weighted by atomic mass is 32.2. The summed E-state index contributed by atoms with van der Waals surface area (Å²) >= 11 is 1.46. The van der Waals surface area contributed by atoms with Gasteiger partial charge in [0.15, 0.2) is 0 Å². The maximum atomic E-state index is 13.1. The van der Waals surface area contributed by atoms with Crippen molar-refractivity contribution in [3.63, 3.8) is 0 Å². The third-order valence-electron chi connectivity index (χ3n) is 5.96. The standard InChI is InChI=1S/C28H24FNO3S/c1-28(2)24(15-16-34-23-13-11-20(29)12-14-23)26(28)27(31)33-25(18-30)19-7-6-10-22(17-19)32-21-8-4-3-5-9-21/h3-17,24-26H,1-2H3/t24-,25?,26-/m0/s1. The van der Waals surface area contributed by atoms with Gasteiger partial charge in [0.05, 0.1) is 5.92 Å². The summed E-state index contributed by atoms with van der Waals surface area (Å²) in [5.74, 6) is 0.233. The predicted octanol–water partition coefficient (Wildman–Crippen LogP) is 7.30. The van der Waals surface area contributed by atoms with E-state index >= 15 is 0 Å². The number of carbonyl (C=O) groups is 1. The Kier molecular flexibility index (Phi) is 7.04. The maximum Gasteiger partial charge on any atom is 0.311 e. The SMILES string of the molecule is CC1(C)[C@H](C(=O)OC(C#N)c2cccc(Oc3ccccc3)c2)[C@@H]1C=CSc1ccc(F)cc1. The fraction of sp³-hybridized carbons (Fsp3) is 0.214. The van der Waals surface area contributed by atoms with Crippen LogP contribution in [0, 0.1) is 34.4 Å². The molecule has 0 N–H and O–H groups in total. The molecule has 3 aromatic rings. The van der Waals surface area contributed by atoms with Crippen LogP contribution in [0.5, 0.6) is 11.5 Å². The summed E-state index contributed by atoms with van der Waals surface area (Å²) in [6.45, 7) is 4.01. The topological polar surface area (TPSA) is 59.3 Å². The predicted molar refractivity (Wildman–Crippen MR) is 130 cm³/mol. The number of thioether (sulfide) groups is 1. The number of ether oxygens (including phenoxy) is 2. The Bertz CT molecular complexity index is 1220. The fourth-order valence-corrected chi connectivity index (χ4v) is 4.63. The van der Waals surface area contributed by atoms with E-state index in [4.69, 9.17) is 9.47 Å². The first kappa shape index (κ1) is 23.6. The lowest BCUT2D eigenvalue weighted by Gasteiger charge is -2.13. The second kappa shape index (κ2) is 10.1. The summed E-state index contributed by atoms with van der Waals surface area (Å²) in [6, 6.07) is 24.7. The minimum absolute atomic E-state index is 0.0000366. The first-order valence-electron chi connectivity index (χ1n) is 10.9. The van der Waals surface area contributed by atoms with Crippen LogP contribution in [0.15, 0.2) is 95.2 Å². The quantitative estimate of drug-likeness (QED) is 0.254. The normalized spacial score (nSPS) is 19.2. The molecule has 3 atom stereocenters. The monoisotopic (exact) mass is 473 g/mol. The number of hydrogen-bond donors (Lipinski definition) is 0. The maximum absolute atomic E-state index is 13.1. The van der Waals surface area contributed by atoms with Gasteiger partial charge in [-0.3, -0.25) is 4.79 Å². The molecule has 3 aromatic carbocycles. The number of halogens is 1. The zero-order valence-corrected chi connectivity index (χ0v) is 19.7. The van der Waals surface area contributed by atoms with Crippen LogP contribution in [-0.2, 0) is 9.53 Å². The molecule has 172 valence electrons. The van der Waals surface area contributed by atoms with Crippen LogP contribution in [0.25, 0.3) is 0 Å². The Balaban J connectivity index is 1.39. The van der Waals surface area contributed by atoms with Crippen molar-refractivity contribution in [2.45, 2.75) is 24.8 Å². The number of hydrogen-bond acceptors (Lipinski definition) is 5. The molecule has 0 radical (unpaired) electrons. The van der Waals surface area contributed by atoms with E-state index in [1.54, 1.807) is 36.4 Å². The summed E-state index contributed by atoms with van der Waals surface area (Å²) in [7, 11) is 0. The molecule has 4 nitrogen and oxygen atoms in total. The lowest BCUT2D eigenvalue weighted by molar-refractivity contribution is -0.149. The Morgan fingerprint density at radius 1 is 1.06 bits per heavy atom. The van der Waals surface area contributed by atoms with Crippen molar-refractivity contribution >= 4 is 17.7 Å². The van der Waals surface area contributed by atoms with Gasteiger partial charge in [0.25, 0.3) is 0 Å². The number of rotatable bonds is 8. The van der Waals surface area contributed by atoms with Gasteiger partial charge in [0.1, 0.15) is 23.4 Å². The number of esters is 1. The molecule has 4 rings (SSSR count). The van der Waals surface area contributed by atoms with E-state index in [1.807, 2.05) is 55.7 Å². The van der Waals surface area contributed by atoms with Crippen LogP contribution in [0.3, 0.4) is 0 Å². The lowest BCUT2D eigenvalue weighted by atomic mass is 10.1. The highest BCUT2D eigenvalue weighted by molar-refractivity contribution is 8.02. The van der Waals surface area contributed by atoms with Crippen molar-refractivity contribution in [2.75, 3.05) is 0 Å². The number of allylic oxidation sites excluding steroid dienone is 1. The summed E-state index contributed by atoms with van der Waals surface area (Å²) in [5.41, 5.74) is 0.288. The minimum Gasteiger partial charge on any atom is -0.457 e. The zero-order chi connectivity index (χ0) is 24.1. The van der Waals surface area contributed by atoms with E-state index in [0.717, 1.165) is 4.90 Å². The molecular weight excluding hydrogens is 449 g/mol. The summed E-state index contributed by atoms with van der Waals surface area (Å²) in [6.07, 6.45) is 0.955. The van der Waals surface area contributed by atoms with Gasteiger partial charge in [-0.1, -0.05) is 62.0 Å². The third-order valence-corrected chi connectivity index (χ3v) is 6.80. The molecule has 1 unspecified atom stereocenters. The second-order valence-electron chi connectivity index (χ2n) is 8.66. The summed E-state index contributed by atoms with van der Waals surface area (Å²) in [5, 5.41) is 11.6. The van der Waals surface area contributed by atoms with Gasteiger partial charge in [-0.05, 0) is 65.3 Å². The van der Waals surface area contributed by atoms with Crippen molar-refractivity contribution in [3.8, 4) is 17.6 Å². The number of benzene rings is 3. The highest BCUT2D eigenvalue weighted by Gasteiger charge is 2.61. The molecule has 0 spiro atoms. The van der Waals surface area contributed by atoms with E-state index < -0.39 is 12.1 Å². The van der Waals surface area contributed by atoms with E-state index in [9.17, 15) is 14.4 Å². The smallest absolute Gasteiger partial charge is 0.311 e. The molecule has 0 aromatic heterocycles. The van der Waals surface area contributed by atoms with Gasteiger partial charge in [-0.25, -0.2) is 4.39 Å². The van der Waals surface area contributed by atoms with Crippen molar-refractivity contribution in [1.29, 1.82) is 5.26 Å². The van der Waals surface area contributed by atoms with Crippen LogP contribution in [-0.4, -0.2) is 5.97 Å². The first-order valence-corrected chi connectivity index (χ1v) is 11.8. The lowest BCUT2D eigenvalue weighted by Crippen LogP contribution is -2.14. The molecule has 0 aliphatic heterocycles. The van der Waals surface area contributed by atoms with E-state index in [1.165, 1.54) is 23.9 Å². The molecular formula is C28H24FNO3S. The summed E-state index contributed by atoms with van der Waals surface area (Å²) < 4.78 is 24.5. The van der Waals surface area contributed by atoms with Gasteiger partial charge in [0.2, 0.25) is 6.10 Å². The van der Waals surface area contributed by atoms with Crippen molar-refractivity contribution < 1.29 is 18.7 Å². The van der Waals surface area contributed by atoms with Gasteiger partial charge in [-0.2, -0.15) is 5.26 Å². The van der Waals surface area contributed by atoms with Crippen LogP contribution in [0.4, 0.5) is 4.39 Å². The molecule has 1 saturated carbocycles. The van der Waals surface area contributed by atoms with Crippen molar-refractivity contribution in [3.05, 3.63) is 102 Å². The van der Waals surface area contributed by atoms with Gasteiger partial charge in [-0.15, -0.1) is 0 Å². The van der Waals surface area contributed by atoms with Crippen LogP contribution < -0.4 is 4.74 Å². The average molecular weight is 474 g/mol. The van der Waals surface area contributed by atoms with E-state index in [-0.39, 0.29) is 23.1 Å². The highest BCUT2D eigenvalue weighted by Crippen LogP contribution is 2.60. The van der Waals surface area contributed by atoms with Crippen molar-refractivity contribution in [2.24, 2.45) is 17.3 Å². The van der Waals surface area contributed by atoms with Crippen molar-refractivity contribution in [1.82, 2.24) is 0 Å². The fourth-order valence-electron chi connectivity index (χ4n) is 3.93. The van der Waals surface area contributed by atoms with E-state index in [0.29, 0.717) is 17.1 Å². The summed E-state index contributed by atoms with van der Waals surface area (Å²) in [4.78, 5) is 13.8. The first-order chi connectivity index (χ1) is 16.4. The largest absolute Gasteiger partial charge is 0.457 e. The number of carbonyl (C=O) groups excluding carboxylic acids is 1. The Labute approximate surface area is 203 Å². The molecule has 34 heavy (non-hydrogen) atoms. The number of para-hydroxylation sites is 1. The number of nitriles is 1. The molecule has 0 amide bonds. The van der Waals surface area contributed by atoms with Gasteiger partial charge < -0.3 is 9.47 Å². The molecule has 1 aliphatic carbocycles. The molecule has 0 heterocycles. The molecule has 6 heteroatoms. The second-order valence-corrected chi connectivity index (χ2v) is 9.64. The average Bonchev–Trinajstić information content (AvgIpc) is 3.39. The van der Waals surface area contributed by atoms with Crippen LogP contribution in [0.1, 0.15) is 25.5 Å². The van der Waals surface area contributed by atoms with Crippen LogP contribution >= 0.6 is 11.8 Å². The van der Waals surface area contributed by atoms with Crippen LogP contribution in [0.2, 0.25) is 0 Å². The minimum atomic E-state index is -1.03.